The molecule has 0 heterocycles. The number of ether oxygens (including phenoxy) is 2. The van der Waals surface area contributed by atoms with Crippen molar-refractivity contribution in [3.63, 3.8) is 0 Å². The molecule has 6 heteroatoms. The van der Waals surface area contributed by atoms with Gasteiger partial charge in [-0.05, 0) is 38.3 Å². The molecule has 4 nitrogen and oxygen atoms in total. The molecule has 0 aliphatic heterocycles. The van der Waals surface area contributed by atoms with E-state index in [1.807, 2.05) is 0 Å². The van der Waals surface area contributed by atoms with E-state index in [-0.39, 0.29) is 12.4 Å². The van der Waals surface area contributed by atoms with Crippen molar-refractivity contribution in [1.82, 2.24) is 0 Å². The summed E-state index contributed by atoms with van der Waals surface area (Å²) in [6.45, 7) is 1.73. The molecule has 20 heavy (non-hydrogen) atoms. The van der Waals surface area contributed by atoms with Crippen LogP contribution in [0, 0.1) is 11.6 Å². The van der Waals surface area contributed by atoms with Gasteiger partial charge in [0.1, 0.15) is 5.54 Å². The van der Waals surface area contributed by atoms with E-state index in [9.17, 15) is 13.6 Å². The highest BCUT2D eigenvalue weighted by molar-refractivity contribution is 5.79. The van der Waals surface area contributed by atoms with Gasteiger partial charge < -0.3 is 15.2 Å². The van der Waals surface area contributed by atoms with Gasteiger partial charge in [-0.25, -0.2) is 8.78 Å². The number of esters is 1. The number of unbranched alkanes of at least 4 members (excludes halogenated alkanes) is 1. The average Bonchev–Trinajstić information content (AvgIpc) is 2.40. The van der Waals surface area contributed by atoms with E-state index in [1.165, 1.54) is 13.2 Å². The fourth-order valence-corrected chi connectivity index (χ4v) is 1.72. The van der Waals surface area contributed by atoms with Gasteiger partial charge in [-0.15, -0.1) is 0 Å². The summed E-state index contributed by atoms with van der Waals surface area (Å²) in [4.78, 5) is 11.3. The van der Waals surface area contributed by atoms with E-state index in [0.29, 0.717) is 19.3 Å². The highest BCUT2D eigenvalue weighted by Gasteiger charge is 2.28. The molecule has 0 spiro atoms. The van der Waals surface area contributed by atoms with E-state index >= 15 is 0 Å². The molecule has 2 N–H and O–H groups in total. The van der Waals surface area contributed by atoms with E-state index in [1.54, 1.807) is 6.92 Å². The number of hydrogen-bond acceptors (Lipinski definition) is 4. The lowest BCUT2D eigenvalue weighted by Gasteiger charge is -2.21. The highest BCUT2D eigenvalue weighted by atomic mass is 19.1. The van der Waals surface area contributed by atoms with Crippen molar-refractivity contribution < 1.29 is 23.0 Å². The lowest BCUT2D eigenvalue weighted by atomic mass is 9.96. The van der Waals surface area contributed by atoms with Gasteiger partial charge in [0.2, 0.25) is 0 Å². The average molecular weight is 287 g/mol. The minimum absolute atomic E-state index is 0.148. The van der Waals surface area contributed by atoms with Gasteiger partial charge >= 0.3 is 5.97 Å². The third-order valence-electron chi connectivity index (χ3n) is 2.91. The zero-order chi connectivity index (χ0) is 15.2. The molecule has 0 saturated heterocycles. The van der Waals surface area contributed by atoms with Gasteiger partial charge in [-0.2, -0.15) is 0 Å². The second kappa shape index (κ2) is 7.19. The summed E-state index contributed by atoms with van der Waals surface area (Å²) < 4.78 is 36.1. The number of nitrogens with two attached hydrogens (primary N) is 1. The van der Waals surface area contributed by atoms with Crippen LogP contribution in [0.4, 0.5) is 8.78 Å². The van der Waals surface area contributed by atoms with Crippen molar-refractivity contribution >= 4 is 5.97 Å². The van der Waals surface area contributed by atoms with E-state index < -0.39 is 23.1 Å². The quantitative estimate of drug-likeness (QED) is 0.618. The number of carbonyl (C=O) groups excluding carboxylic acids is 1. The predicted molar refractivity (Wildman–Crippen MR) is 70.3 cm³/mol. The van der Waals surface area contributed by atoms with Crippen molar-refractivity contribution in [3.05, 3.63) is 29.8 Å². The first kappa shape index (κ1) is 16.4. The van der Waals surface area contributed by atoms with Crippen LogP contribution >= 0.6 is 0 Å². The second-order valence-corrected chi connectivity index (χ2v) is 4.77. The third-order valence-corrected chi connectivity index (χ3v) is 2.91. The van der Waals surface area contributed by atoms with E-state index in [0.717, 1.165) is 12.1 Å². The van der Waals surface area contributed by atoms with Gasteiger partial charge in [0.05, 0.1) is 13.7 Å². The molecule has 0 amide bonds. The first-order chi connectivity index (χ1) is 9.38. The van der Waals surface area contributed by atoms with Gasteiger partial charge in [0.25, 0.3) is 0 Å². The fraction of sp³-hybridized carbons (Fsp3) is 0.500. The zero-order valence-corrected chi connectivity index (χ0v) is 11.6. The van der Waals surface area contributed by atoms with Gasteiger partial charge in [-0.3, -0.25) is 4.79 Å². The van der Waals surface area contributed by atoms with Crippen molar-refractivity contribution in [1.29, 1.82) is 0 Å². The summed E-state index contributed by atoms with van der Waals surface area (Å²) in [6.07, 6.45) is 1.51. The number of para-hydroxylation sites is 1. The summed E-state index contributed by atoms with van der Waals surface area (Å²) in [5.74, 6) is -2.33. The lowest BCUT2D eigenvalue weighted by Crippen LogP contribution is -2.45. The molecule has 1 aromatic rings. The normalized spacial score (nSPS) is 13.7. The Morgan fingerprint density at radius 1 is 1.30 bits per heavy atom. The molecule has 0 aromatic heterocycles. The molecule has 0 aliphatic carbocycles. The maximum absolute atomic E-state index is 13.3. The molecular formula is C14H19F2NO3. The summed E-state index contributed by atoms with van der Waals surface area (Å²) in [6, 6.07) is 3.53. The lowest BCUT2D eigenvalue weighted by molar-refractivity contribution is -0.146. The van der Waals surface area contributed by atoms with Crippen molar-refractivity contribution in [3.8, 4) is 5.75 Å². The number of methoxy groups -OCH3 is 1. The number of hydrogen-bond donors (Lipinski definition) is 1. The summed E-state index contributed by atoms with van der Waals surface area (Å²) in [7, 11) is 1.28. The molecule has 0 bridgehead atoms. The van der Waals surface area contributed by atoms with Crippen LogP contribution in [0.3, 0.4) is 0 Å². The Morgan fingerprint density at radius 2 is 1.90 bits per heavy atom. The van der Waals surface area contributed by atoms with Crippen LogP contribution in [0.1, 0.15) is 26.2 Å². The maximum Gasteiger partial charge on any atom is 0.325 e. The molecule has 112 valence electrons. The van der Waals surface area contributed by atoms with Crippen LogP contribution in [-0.2, 0) is 9.53 Å². The standard InChI is InChI=1S/C14H19F2NO3/c1-14(17,13(18)19-2)8-3-4-9-20-12-10(15)6-5-7-11(12)16/h5-7H,3-4,8-9,17H2,1-2H3. The minimum atomic E-state index is -1.06. The maximum atomic E-state index is 13.3. The molecule has 0 saturated carbocycles. The Morgan fingerprint density at radius 3 is 2.45 bits per heavy atom. The van der Waals surface area contributed by atoms with Gasteiger partial charge in [0.15, 0.2) is 17.4 Å². The van der Waals surface area contributed by atoms with Gasteiger partial charge in [0, 0.05) is 0 Å². The summed E-state index contributed by atoms with van der Waals surface area (Å²) in [5.41, 5.74) is 4.72. The molecule has 1 unspecified atom stereocenters. The van der Waals surface area contributed by atoms with Crippen molar-refractivity contribution in [2.45, 2.75) is 31.7 Å². The Bertz CT molecular complexity index is 443. The molecule has 1 aromatic carbocycles. The number of rotatable bonds is 7. The molecule has 0 radical (unpaired) electrons. The first-order valence-electron chi connectivity index (χ1n) is 6.32. The zero-order valence-electron chi connectivity index (χ0n) is 11.6. The molecule has 1 atom stereocenters. The Balaban J connectivity index is 2.34. The monoisotopic (exact) mass is 287 g/mol. The number of carbonyl (C=O) groups is 1. The smallest absolute Gasteiger partial charge is 0.325 e. The number of benzene rings is 1. The molecular weight excluding hydrogens is 268 g/mol. The third kappa shape index (κ3) is 4.45. The van der Waals surface area contributed by atoms with Crippen LogP contribution in [0.5, 0.6) is 5.75 Å². The molecule has 1 rings (SSSR count). The van der Waals surface area contributed by atoms with Crippen molar-refractivity contribution in [2.24, 2.45) is 5.73 Å². The largest absolute Gasteiger partial charge is 0.488 e. The molecule has 0 aliphatic rings. The topological polar surface area (TPSA) is 61.5 Å². The fourth-order valence-electron chi connectivity index (χ4n) is 1.72. The Hall–Kier alpha value is -1.69. The van der Waals surface area contributed by atoms with E-state index in [2.05, 4.69) is 4.74 Å². The number of halogens is 2. The summed E-state index contributed by atoms with van der Waals surface area (Å²) in [5, 5.41) is 0. The molecule has 0 fully saturated rings. The summed E-state index contributed by atoms with van der Waals surface area (Å²) >= 11 is 0. The second-order valence-electron chi connectivity index (χ2n) is 4.77. The van der Waals surface area contributed by atoms with Crippen LogP contribution in [0.15, 0.2) is 18.2 Å². The van der Waals surface area contributed by atoms with Gasteiger partial charge in [-0.1, -0.05) is 6.07 Å². The minimum Gasteiger partial charge on any atom is -0.488 e. The van der Waals surface area contributed by atoms with Crippen molar-refractivity contribution in [2.75, 3.05) is 13.7 Å². The Labute approximate surface area is 116 Å². The SMILES string of the molecule is COC(=O)C(C)(N)CCCCOc1c(F)cccc1F. The first-order valence-corrected chi connectivity index (χ1v) is 6.32. The Kier molecular flexibility index (Phi) is 5.88. The van der Waals surface area contributed by atoms with Crippen LogP contribution in [-0.4, -0.2) is 25.2 Å². The van der Waals surface area contributed by atoms with Crippen LogP contribution in [0.25, 0.3) is 0 Å². The van der Waals surface area contributed by atoms with Crippen LogP contribution in [0.2, 0.25) is 0 Å². The highest BCUT2D eigenvalue weighted by Crippen LogP contribution is 2.21. The predicted octanol–water partition coefficient (Wildman–Crippen LogP) is 2.40. The van der Waals surface area contributed by atoms with Crippen LogP contribution < -0.4 is 10.5 Å². The van der Waals surface area contributed by atoms with E-state index in [4.69, 9.17) is 10.5 Å².